The molecular weight excluding hydrogens is 424 g/mol. The number of aliphatic carboxylic acids is 1. The highest BCUT2D eigenvalue weighted by molar-refractivity contribution is 5.83. The zero-order valence-corrected chi connectivity index (χ0v) is 19.5. The van der Waals surface area contributed by atoms with E-state index >= 15 is 0 Å². The molecular formula is C25H30N2O6. The van der Waals surface area contributed by atoms with Gasteiger partial charge >= 0.3 is 18.2 Å². The molecule has 0 saturated carbocycles. The minimum Gasteiger partial charge on any atom is -0.480 e. The van der Waals surface area contributed by atoms with Crippen LogP contribution in [0.25, 0.3) is 11.1 Å². The Morgan fingerprint density at radius 1 is 0.909 bits per heavy atom. The van der Waals surface area contributed by atoms with Gasteiger partial charge in [-0.3, -0.25) is 0 Å². The van der Waals surface area contributed by atoms with Gasteiger partial charge in [0.25, 0.3) is 0 Å². The first kappa shape index (κ1) is 24.1. The summed E-state index contributed by atoms with van der Waals surface area (Å²) in [4.78, 5) is 36.6. The smallest absolute Gasteiger partial charge is 0.408 e. The van der Waals surface area contributed by atoms with E-state index < -0.39 is 35.3 Å². The van der Waals surface area contributed by atoms with E-state index in [4.69, 9.17) is 9.47 Å². The van der Waals surface area contributed by atoms with Crippen LogP contribution in [0.3, 0.4) is 0 Å². The lowest BCUT2D eigenvalue weighted by atomic mass is 9.95. The summed E-state index contributed by atoms with van der Waals surface area (Å²) in [5.41, 5.74) is 2.18. The number of amides is 2. The molecule has 0 aromatic heterocycles. The van der Waals surface area contributed by atoms with Crippen LogP contribution < -0.4 is 10.6 Å². The van der Waals surface area contributed by atoms with Gasteiger partial charge in [-0.2, -0.15) is 0 Å². The van der Waals surface area contributed by atoms with Crippen LogP contribution in [0, 0.1) is 0 Å². The number of hydrogen-bond acceptors (Lipinski definition) is 5. The lowest BCUT2D eigenvalue weighted by Crippen LogP contribution is -2.62. The summed E-state index contributed by atoms with van der Waals surface area (Å²) in [5.74, 6) is -1.47. The second-order valence-electron chi connectivity index (χ2n) is 9.59. The van der Waals surface area contributed by atoms with E-state index in [1.165, 1.54) is 13.8 Å². The number of hydrogen-bond donors (Lipinski definition) is 3. The Hall–Kier alpha value is -3.55. The van der Waals surface area contributed by atoms with E-state index in [0.29, 0.717) is 0 Å². The summed E-state index contributed by atoms with van der Waals surface area (Å²) in [6.45, 7) is 8.11. The van der Waals surface area contributed by atoms with Gasteiger partial charge in [-0.15, -0.1) is 0 Å². The van der Waals surface area contributed by atoms with Crippen molar-refractivity contribution in [2.24, 2.45) is 0 Å². The van der Waals surface area contributed by atoms with E-state index in [-0.39, 0.29) is 12.5 Å². The molecule has 0 fully saturated rings. The zero-order valence-electron chi connectivity index (χ0n) is 19.5. The third-order valence-corrected chi connectivity index (χ3v) is 5.40. The van der Waals surface area contributed by atoms with Gasteiger partial charge in [-0.1, -0.05) is 48.5 Å². The Labute approximate surface area is 193 Å². The molecule has 8 heteroatoms. The Kier molecular flexibility index (Phi) is 6.67. The van der Waals surface area contributed by atoms with Crippen molar-refractivity contribution in [3.63, 3.8) is 0 Å². The van der Waals surface area contributed by atoms with Crippen LogP contribution in [0.2, 0.25) is 0 Å². The highest BCUT2D eigenvalue weighted by atomic mass is 16.6. The number of carbonyl (C=O) groups excluding carboxylic acids is 2. The molecule has 0 bridgehead atoms. The van der Waals surface area contributed by atoms with E-state index in [9.17, 15) is 19.5 Å². The number of benzene rings is 2. The Morgan fingerprint density at radius 3 is 1.91 bits per heavy atom. The fourth-order valence-corrected chi connectivity index (χ4v) is 3.95. The van der Waals surface area contributed by atoms with E-state index in [2.05, 4.69) is 10.6 Å². The second kappa shape index (κ2) is 9.13. The van der Waals surface area contributed by atoms with Crippen molar-refractivity contribution in [1.82, 2.24) is 10.6 Å². The Morgan fingerprint density at radius 2 is 1.42 bits per heavy atom. The molecule has 1 aliphatic rings. The van der Waals surface area contributed by atoms with Crippen molar-refractivity contribution in [1.29, 1.82) is 0 Å². The molecule has 0 heterocycles. The fourth-order valence-electron chi connectivity index (χ4n) is 3.95. The molecule has 0 aliphatic heterocycles. The van der Waals surface area contributed by atoms with Gasteiger partial charge in [0.15, 0.2) is 6.04 Å². The molecule has 0 spiro atoms. The predicted molar refractivity (Wildman–Crippen MR) is 123 cm³/mol. The third-order valence-electron chi connectivity index (χ3n) is 5.40. The van der Waals surface area contributed by atoms with Crippen LogP contribution in [0.1, 0.15) is 51.7 Å². The molecule has 1 atom stereocenters. The number of carbonyl (C=O) groups is 3. The van der Waals surface area contributed by atoms with Crippen LogP contribution >= 0.6 is 0 Å². The Bertz CT molecular complexity index is 1010. The van der Waals surface area contributed by atoms with Gasteiger partial charge in [0, 0.05) is 5.92 Å². The number of alkyl carbamates (subject to hydrolysis) is 2. The second-order valence-corrected chi connectivity index (χ2v) is 9.59. The number of nitrogens with one attached hydrogen (secondary N) is 2. The van der Waals surface area contributed by atoms with Gasteiger partial charge in [-0.25, -0.2) is 14.4 Å². The monoisotopic (exact) mass is 454 g/mol. The van der Waals surface area contributed by atoms with Gasteiger partial charge < -0.3 is 25.2 Å². The topological polar surface area (TPSA) is 114 Å². The van der Waals surface area contributed by atoms with Crippen molar-refractivity contribution < 1.29 is 29.0 Å². The largest absolute Gasteiger partial charge is 0.480 e. The highest BCUT2D eigenvalue weighted by Crippen LogP contribution is 2.44. The summed E-state index contributed by atoms with van der Waals surface area (Å²) in [6, 6.07) is 14.4. The number of carboxylic acid groups (broad SMARTS) is 1. The minimum absolute atomic E-state index is 0.0477. The molecule has 0 saturated heterocycles. The van der Waals surface area contributed by atoms with Crippen LogP contribution in [-0.4, -0.2) is 47.1 Å². The van der Waals surface area contributed by atoms with Crippen molar-refractivity contribution >= 4 is 18.2 Å². The predicted octanol–water partition coefficient (Wildman–Crippen LogP) is 4.28. The molecule has 176 valence electrons. The maximum Gasteiger partial charge on any atom is 0.408 e. The molecule has 2 aromatic rings. The summed E-state index contributed by atoms with van der Waals surface area (Å²) < 4.78 is 10.6. The first-order valence-corrected chi connectivity index (χ1v) is 10.7. The molecule has 3 N–H and O–H groups in total. The average molecular weight is 455 g/mol. The zero-order chi connectivity index (χ0) is 24.4. The quantitative estimate of drug-likeness (QED) is 0.600. The number of fused-ring (bicyclic) bond motifs is 3. The molecule has 3 rings (SSSR count). The molecule has 2 aromatic carbocycles. The number of carboxylic acids is 1. The maximum absolute atomic E-state index is 12.6. The maximum atomic E-state index is 12.6. The van der Waals surface area contributed by atoms with E-state index in [0.717, 1.165) is 22.3 Å². The first-order valence-electron chi connectivity index (χ1n) is 10.7. The third kappa shape index (κ3) is 5.63. The van der Waals surface area contributed by atoms with Gasteiger partial charge in [0.1, 0.15) is 12.2 Å². The SMILES string of the molecule is CC(C)(C)OC(=O)NC(C)(C)[C@@H](NC(=O)OCC1c2ccccc2-c2ccccc21)C(=O)O. The van der Waals surface area contributed by atoms with E-state index in [1.54, 1.807) is 20.8 Å². The summed E-state index contributed by atoms with van der Waals surface area (Å²) in [7, 11) is 0. The van der Waals surface area contributed by atoms with Crippen molar-refractivity contribution in [3.8, 4) is 11.1 Å². The lowest BCUT2D eigenvalue weighted by Gasteiger charge is -2.33. The van der Waals surface area contributed by atoms with Crippen LogP contribution in [0.15, 0.2) is 48.5 Å². The van der Waals surface area contributed by atoms with Gasteiger partial charge in [0.2, 0.25) is 0 Å². The highest BCUT2D eigenvalue weighted by Gasteiger charge is 2.39. The van der Waals surface area contributed by atoms with Gasteiger partial charge in [0.05, 0.1) is 5.54 Å². The van der Waals surface area contributed by atoms with Crippen LogP contribution in [-0.2, 0) is 14.3 Å². The normalized spacial score (nSPS) is 14.0. The van der Waals surface area contributed by atoms with Crippen LogP contribution in [0.4, 0.5) is 9.59 Å². The van der Waals surface area contributed by atoms with Crippen molar-refractivity contribution in [3.05, 3.63) is 59.7 Å². The minimum atomic E-state index is -1.44. The Balaban J connectivity index is 1.68. The number of ether oxygens (including phenoxy) is 2. The molecule has 0 radical (unpaired) electrons. The summed E-state index contributed by atoms with van der Waals surface area (Å²) in [6.07, 6.45) is -1.67. The summed E-state index contributed by atoms with van der Waals surface area (Å²) in [5, 5.41) is 14.6. The number of rotatable bonds is 6. The first-order chi connectivity index (χ1) is 15.4. The van der Waals surface area contributed by atoms with Gasteiger partial charge in [-0.05, 0) is 56.9 Å². The standard InChI is InChI=1S/C25H30N2O6/c1-24(2,3)33-23(31)27-25(4,5)20(21(28)29)26-22(30)32-14-19-17-12-8-6-10-15(17)16-11-7-9-13-18(16)19/h6-13,19-20H,14H2,1-5H3,(H,26,30)(H,27,31)(H,28,29)/t20-/m0/s1. The molecule has 2 amide bonds. The molecule has 1 aliphatic carbocycles. The fraction of sp³-hybridized carbons (Fsp3) is 0.400. The van der Waals surface area contributed by atoms with Crippen molar-refractivity contribution in [2.75, 3.05) is 6.61 Å². The van der Waals surface area contributed by atoms with Crippen LogP contribution in [0.5, 0.6) is 0 Å². The average Bonchev–Trinajstić information content (AvgIpc) is 3.02. The molecule has 33 heavy (non-hydrogen) atoms. The molecule has 0 unspecified atom stereocenters. The lowest BCUT2D eigenvalue weighted by molar-refractivity contribution is -0.141. The van der Waals surface area contributed by atoms with Crippen molar-refractivity contribution in [2.45, 2.75) is 57.7 Å². The molecule has 8 nitrogen and oxygen atoms in total. The van der Waals surface area contributed by atoms with E-state index in [1.807, 2.05) is 48.5 Å². The summed E-state index contributed by atoms with van der Waals surface area (Å²) >= 11 is 0.